The van der Waals surface area contributed by atoms with Gasteiger partial charge in [-0.25, -0.2) is 4.98 Å². The molecule has 0 unspecified atom stereocenters. The highest BCUT2D eigenvalue weighted by molar-refractivity contribution is 6.30. The Hall–Kier alpha value is -3.39. The summed E-state index contributed by atoms with van der Waals surface area (Å²) in [6.07, 6.45) is 1.48. The Kier molecular flexibility index (Phi) is 7.70. The van der Waals surface area contributed by atoms with Gasteiger partial charge in [0.2, 0.25) is 11.5 Å². The molecule has 1 aromatic heterocycles. The van der Waals surface area contributed by atoms with Crippen LogP contribution in [0.15, 0.2) is 40.8 Å². The van der Waals surface area contributed by atoms with E-state index in [4.69, 9.17) is 30.2 Å². The lowest BCUT2D eigenvalue weighted by Crippen LogP contribution is -2.48. The third kappa shape index (κ3) is 5.17. The Morgan fingerprint density at radius 1 is 1.03 bits per heavy atom. The first kappa shape index (κ1) is 24.7. The molecule has 0 atom stereocenters. The molecule has 3 aromatic rings. The topological polar surface area (TPSA) is 77.3 Å². The Morgan fingerprint density at radius 3 is 2.29 bits per heavy atom. The fourth-order valence-electron chi connectivity index (χ4n) is 4.23. The molecule has 2 aromatic carbocycles. The van der Waals surface area contributed by atoms with Crippen LogP contribution in [0.25, 0.3) is 11.3 Å². The second-order valence-electron chi connectivity index (χ2n) is 8.21. The van der Waals surface area contributed by atoms with Crippen molar-refractivity contribution in [2.24, 2.45) is 0 Å². The normalized spacial score (nSPS) is 13.6. The molecular formula is C26H30ClN3O5. The SMILES string of the molecule is CCCc1nc(-c2cc(OC)c(OC)c(OC)c2)c(C(=O)N2CCN(c3cccc(Cl)c3)CC2)o1. The Balaban J connectivity index is 1.63. The number of carbonyl (C=O) groups excluding carboxylic acids is 1. The summed E-state index contributed by atoms with van der Waals surface area (Å²) >= 11 is 6.15. The van der Waals surface area contributed by atoms with Gasteiger partial charge in [-0.3, -0.25) is 4.79 Å². The summed E-state index contributed by atoms with van der Waals surface area (Å²) in [6, 6.07) is 11.3. The number of amides is 1. The van der Waals surface area contributed by atoms with E-state index in [1.807, 2.05) is 31.2 Å². The molecule has 1 aliphatic heterocycles. The van der Waals surface area contributed by atoms with Crippen molar-refractivity contribution in [2.45, 2.75) is 19.8 Å². The summed E-state index contributed by atoms with van der Waals surface area (Å²) in [4.78, 5) is 22.3. The minimum Gasteiger partial charge on any atom is -0.493 e. The number of nitrogens with zero attached hydrogens (tertiary/aromatic N) is 3. The maximum Gasteiger partial charge on any atom is 0.292 e. The zero-order valence-corrected chi connectivity index (χ0v) is 21.2. The number of methoxy groups -OCH3 is 3. The molecule has 0 N–H and O–H groups in total. The first-order chi connectivity index (χ1) is 17.0. The van der Waals surface area contributed by atoms with Crippen LogP contribution in [0.2, 0.25) is 5.02 Å². The van der Waals surface area contributed by atoms with E-state index in [1.54, 1.807) is 38.4 Å². The van der Waals surface area contributed by atoms with Crippen molar-refractivity contribution in [1.29, 1.82) is 0 Å². The number of piperazine rings is 1. The van der Waals surface area contributed by atoms with Gasteiger partial charge in [-0.1, -0.05) is 24.6 Å². The fraction of sp³-hybridized carbons (Fsp3) is 0.385. The van der Waals surface area contributed by atoms with E-state index in [-0.39, 0.29) is 11.7 Å². The lowest BCUT2D eigenvalue weighted by Gasteiger charge is -2.35. The highest BCUT2D eigenvalue weighted by Gasteiger charge is 2.30. The molecule has 8 nitrogen and oxygen atoms in total. The van der Waals surface area contributed by atoms with E-state index in [1.165, 1.54) is 0 Å². The van der Waals surface area contributed by atoms with E-state index in [0.717, 1.165) is 12.1 Å². The molecule has 1 aliphatic rings. The number of halogens is 1. The van der Waals surface area contributed by atoms with Crippen LogP contribution in [-0.4, -0.2) is 63.3 Å². The summed E-state index contributed by atoms with van der Waals surface area (Å²) in [5.74, 6) is 2.00. The minimum atomic E-state index is -0.186. The van der Waals surface area contributed by atoms with Gasteiger partial charge >= 0.3 is 0 Å². The van der Waals surface area contributed by atoms with E-state index in [9.17, 15) is 4.79 Å². The van der Waals surface area contributed by atoms with Crippen molar-refractivity contribution in [2.75, 3.05) is 52.4 Å². The van der Waals surface area contributed by atoms with Crippen molar-refractivity contribution < 1.29 is 23.4 Å². The van der Waals surface area contributed by atoms with Gasteiger partial charge in [0.05, 0.1) is 21.3 Å². The molecular weight excluding hydrogens is 470 g/mol. The van der Waals surface area contributed by atoms with E-state index < -0.39 is 0 Å². The highest BCUT2D eigenvalue weighted by Crippen LogP contribution is 2.42. The number of anilines is 1. The number of ether oxygens (including phenoxy) is 3. The van der Waals surface area contributed by atoms with Gasteiger partial charge in [-0.05, 0) is 36.8 Å². The molecule has 1 amide bonds. The van der Waals surface area contributed by atoms with Crippen molar-refractivity contribution in [3.63, 3.8) is 0 Å². The van der Waals surface area contributed by atoms with Crippen LogP contribution in [0.3, 0.4) is 0 Å². The van der Waals surface area contributed by atoms with Crippen LogP contribution in [0, 0.1) is 0 Å². The lowest BCUT2D eigenvalue weighted by atomic mass is 10.1. The second-order valence-corrected chi connectivity index (χ2v) is 8.64. The van der Waals surface area contributed by atoms with Crippen molar-refractivity contribution in [3.05, 3.63) is 53.1 Å². The minimum absolute atomic E-state index is 0.186. The number of rotatable bonds is 8. The van der Waals surface area contributed by atoms with Crippen LogP contribution in [0.5, 0.6) is 17.2 Å². The van der Waals surface area contributed by atoms with Gasteiger partial charge in [0.15, 0.2) is 17.4 Å². The molecule has 2 heterocycles. The van der Waals surface area contributed by atoms with Crippen LogP contribution in [-0.2, 0) is 6.42 Å². The molecule has 0 aliphatic carbocycles. The number of hydrogen-bond acceptors (Lipinski definition) is 7. The third-order valence-electron chi connectivity index (χ3n) is 6.01. The molecule has 0 saturated carbocycles. The second kappa shape index (κ2) is 10.9. The Labute approximate surface area is 210 Å². The van der Waals surface area contributed by atoms with E-state index in [2.05, 4.69) is 9.88 Å². The van der Waals surface area contributed by atoms with Gasteiger partial charge in [-0.2, -0.15) is 0 Å². The number of benzene rings is 2. The summed E-state index contributed by atoms with van der Waals surface area (Å²) in [5.41, 5.74) is 2.18. The van der Waals surface area contributed by atoms with Gasteiger partial charge in [0, 0.05) is 48.9 Å². The molecule has 0 bridgehead atoms. The molecule has 9 heteroatoms. The maximum atomic E-state index is 13.6. The number of carbonyl (C=O) groups is 1. The number of aryl methyl sites for hydroxylation is 1. The first-order valence-corrected chi connectivity index (χ1v) is 12.0. The van der Waals surface area contributed by atoms with Crippen molar-refractivity contribution in [1.82, 2.24) is 9.88 Å². The van der Waals surface area contributed by atoms with Crippen LogP contribution in [0.4, 0.5) is 5.69 Å². The summed E-state index contributed by atoms with van der Waals surface area (Å²) in [6.45, 7) is 4.55. The van der Waals surface area contributed by atoms with Crippen molar-refractivity contribution in [3.8, 4) is 28.5 Å². The monoisotopic (exact) mass is 499 g/mol. The number of oxazole rings is 1. The van der Waals surface area contributed by atoms with E-state index >= 15 is 0 Å². The maximum absolute atomic E-state index is 13.6. The molecule has 1 saturated heterocycles. The largest absolute Gasteiger partial charge is 0.493 e. The number of aromatic nitrogens is 1. The average molecular weight is 500 g/mol. The fourth-order valence-corrected chi connectivity index (χ4v) is 4.41. The summed E-state index contributed by atoms with van der Waals surface area (Å²) in [5, 5.41) is 0.695. The third-order valence-corrected chi connectivity index (χ3v) is 6.24. The zero-order chi connectivity index (χ0) is 24.9. The summed E-state index contributed by atoms with van der Waals surface area (Å²) < 4.78 is 22.4. The zero-order valence-electron chi connectivity index (χ0n) is 20.5. The van der Waals surface area contributed by atoms with Gasteiger partial charge < -0.3 is 28.4 Å². The van der Waals surface area contributed by atoms with Gasteiger partial charge in [-0.15, -0.1) is 0 Å². The number of hydrogen-bond donors (Lipinski definition) is 0. The standard InChI is InChI=1S/C26H30ClN3O5/c1-5-7-22-28-23(17-14-20(32-2)24(34-4)21(15-17)33-3)25(35-22)26(31)30-12-10-29(11-13-30)19-9-6-8-18(27)16-19/h6,8-9,14-16H,5,7,10-13H2,1-4H3. The highest BCUT2D eigenvalue weighted by atomic mass is 35.5. The Bertz CT molecular complexity index is 1160. The predicted octanol–water partition coefficient (Wildman–Crippen LogP) is 4.94. The molecule has 4 rings (SSSR count). The lowest BCUT2D eigenvalue weighted by molar-refractivity contribution is 0.0713. The molecule has 1 fully saturated rings. The van der Waals surface area contributed by atoms with E-state index in [0.29, 0.717) is 72.0 Å². The quantitative estimate of drug-likeness (QED) is 0.434. The predicted molar refractivity (Wildman–Crippen MR) is 135 cm³/mol. The van der Waals surface area contributed by atoms with Gasteiger partial charge in [0.1, 0.15) is 5.69 Å². The first-order valence-electron chi connectivity index (χ1n) is 11.6. The smallest absolute Gasteiger partial charge is 0.292 e. The molecule has 35 heavy (non-hydrogen) atoms. The van der Waals surface area contributed by atoms with Crippen LogP contribution in [0.1, 0.15) is 29.8 Å². The molecule has 0 radical (unpaired) electrons. The van der Waals surface area contributed by atoms with Crippen molar-refractivity contribution >= 4 is 23.2 Å². The molecule has 0 spiro atoms. The van der Waals surface area contributed by atoms with Crippen LogP contribution < -0.4 is 19.1 Å². The van der Waals surface area contributed by atoms with Gasteiger partial charge in [0.25, 0.3) is 5.91 Å². The molecule has 186 valence electrons. The average Bonchev–Trinajstić information content (AvgIpc) is 3.31. The summed E-state index contributed by atoms with van der Waals surface area (Å²) in [7, 11) is 4.66. The Morgan fingerprint density at radius 2 is 1.71 bits per heavy atom. The van der Waals surface area contributed by atoms with Crippen LogP contribution >= 0.6 is 11.6 Å².